The minimum Gasteiger partial charge on any atom is -0.351 e. The Kier molecular flexibility index (Phi) is 7.37. The molecule has 0 bridgehead atoms. The van der Waals surface area contributed by atoms with Gasteiger partial charge in [0.2, 0.25) is 0 Å². The predicted molar refractivity (Wildman–Crippen MR) is 98.7 cm³/mol. The number of nitrogens with zero attached hydrogens (tertiary/aromatic N) is 3. The van der Waals surface area contributed by atoms with Gasteiger partial charge in [-0.3, -0.25) is 9.59 Å². The van der Waals surface area contributed by atoms with Crippen molar-refractivity contribution in [3.63, 3.8) is 0 Å². The van der Waals surface area contributed by atoms with Crippen molar-refractivity contribution < 1.29 is 9.59 Å². The first-order valence-electron chi connectivity index (χ1n) is 9.24. The molecule has 6 nitrogen and oxygen atoms in total. The van der Waals surface area contributed by atoms with E-state index in [0.29, 0.717) is 17.9 Å². The molecule has 1 N–H and O–H groups in total. The number of carbonyl (C=O) groups is 2. The summed E-state index contributed by atoms with van der Waals surface area (Å²) in [6, 6.07) is 5.38. The molecule has 2 rings (SSSR count). The van der Waals surface area contributed by atoms with Crippen molar-refractivity contribution in [3.8, 4) is 0 Å². The van der Waals surface area contributed by atoms with Crippen molar-refractivity contribution >= 4 is 11.8 Å². The van der Waals surface area contributed by atoms with E-state index in [4.69, 9.17) is 0 Å². The third-order valence-corrected chi connectivity index (χ3v) is 4.63. The topological polar surface area (TPSA) is 65.5 Å². The van der Waals surface area contributed by atoms with Gasteiger partial charge in [0.25, 0.3) is 11.8 Å². The normalized spacial score (nSPS) is 17.6. The second-order valence-electron chi connectivity index (χ2n) is 6.88. The van der Waals surface area contributed by atoms with Crippen molar-refractivity contribution in [3.05, 3.63) is 29.6 Å². The molecule has 1 aliphatic rings. The Morgan fingerprint density at radius 1 is 1.28 bits per heavy atom. The maximum atomic E-state index is 12.8. The van der Waals surface area contributed by atoms with Gasteiger partial charge >= 0.3 is 0 Å². The lowest BCUT2D eigenvalue weighted by Gasteiger charge is -2.35. The van der Waals surface area contributed by atoms with Crippen LogP contribution in [-0.4, -0.2) is 66.4 Å². The largest absolute Gasteiger partial charge is 0.351 e. The van der Waals surface area contributed by atoms with Crippen LogP contribution in [-0.2, 0) is 0 Å². The van der Waals surface area contributed by atoms with Gasteiger partial charge in [-0.25, -0.2) is 4.98 Å². The van der Waals surface area contributed by atoms with Gasteiger partial charge in [-0.05, 0) is 64.9 Å². The van der Waals surface area contributed by atoms with Crippen LogP contribution in [0, 0.1) is 0 Å². The highest BCUT2D eigenvalue weighted by Crippen LogP contribution is 2.21. The van der Waals surface area contributed by atoms with Crippen LogP contribution in [0.25, 0.3) is 0 Å². The third-order valence-electron chi connectivity index (χ3n) is 4.63. The molecule has 0 saturated carbocycles. The van der Waals surface area contributed by atoms with Crippen molar-refractivity contribution in [2.75, 3.05) is 33.7 Å². The molecule has 0 spiro atoms. The van der Waals surface area contributed by atoms with E-state index in [1.54, 1.807) is 18.2 Å². The molecule has 6 heteroatoms. The van der Waals surface area contributed by atoms with Gasteiger partial charge in [0.15, 0.2) is 0 Å². The zero-order chi connectivity index (χ0) is 18.2. The van der Waals surface area contributed by atoms with E-state index < -0.39 is 0 Å². The zero-order valence-electron chi connectivity index (χ0n) is 15.6. The lowest BCUT2D eigenvalue weighted by atomic mass is 9.99. The summed E-state index contributed by atoms with van der Waals surface area (Å²) >= 11 is 0. The molecule has 2 heterocycles. The molecule has 2 amide bonds. The summed E-state index contributed by atoms with van der Waals surface area (Å²) < 4.78 is 0. The molecule has 0 aromatic carbocycles. The van der Waals surface area contributed by atoms with E-state index >= 15 is 0 Å². The maximum absolute atomic E-state index is 12.8. The lowest BCUT2D eigenvalue weighted by molar-refractivity contribution is 0.0602. The van der Waals surface area contributed by atoms with Crippen LogP contribution >= 0.6 is 0 Å². The second kappa shape index (κ2) is 9.51. The molecule has 1 saturated heterocycles. The summed E-state index contributed by atoms with van der Waals surface area (Å²) in [6.07, 6.45) is 5.09. The molecule has 1 fully saturated rings. The molecule has 138 valence electrons. The third kappa shape index (κ3) is 5.53. The summed E-state index contributed by atoms with van der Waals surface area (Å²) in [7, 11) is 4.01. The minimum atomic E-state index is -0.223. The molecule has 0 aliphatic carbocycles. The predicted octanol–water partition coefficient (Wildman–Crippen LogP) is 2.17. The van der Waals surface area contributed by atoms with Crippen LogP contribution in [0.4, 0.5) is 0 Å². The average molecular weight is 346 g/mol. The van der Waals surface area contributed by atoms with Gasteiger partial charge in [-0.1, -0.05) is 13.0 Å². The van der Waals surface area contributed by atoms with Crippen LogP contribution in [0.5, 0.6) is 0 Å². The van der Waals surface area contributed by atoms with E-state index in [0.717, 1.165) is 38.8 Å². The highest BCUT2D eigenvalue weighted by Gasteiger charge is 2.27. The fourth-order valence-electron chi connectivity index (χ4n) is 3.21. The van der Waals surface area contributed by atoms with Gasteiger partial charge in [0.05, 0.1) is 0 Å². The number of piperidine rings is 1. The number of hydrogen-bond donors (Lipinski definition) is 1. The number of amides is 2. The van der Waals surface area contributed by atoms with E-state index in [9.17, 15) is 9.59 Å². The zero-order valence-corrected chi connectivity index (χ0v) is 15.6. The van der Waals surface area contributed by atoms with Crippen molar-refractivity contribution in [2.24, 2.45) is 0 Å². The summed E-state index contributed by atoms with van der Waals surface area (Å²) in [5.74, 6) is -0.284. The molecule has 1 unspecified atom stereocenters. The fourth-order valence-corrected chi connectivity index (χ4v) is 3.21. The first-order chi connectivity index (χ1) is 12.0. The minimum absolute atomic E-state index is 0.0613. The number of carbonyl (C=O) groups excluding carboxylic acids is 2. The Morgan fingerprint density at radius 3 is 2.76 bits per heavy atom. The summed E-state index contributed by atoms with van der Waals surface area (Å²) in [5, 5.41) is 2.87. The molecule has 1 aromatic rings. The monoisotopic (exact) mass is 346 g/mol. The number of likely N-dealkylation sites (tertiary alicyclic amines) is 1. The SMILES string of the molecule is CCC1CCCCN1C(=O)c1cccc(C(=O)NCCCN(C)C)n1. The summed E-state index contributed by atoms with van der Waals surface area (Å²) in [4.78, 5) is 33.4. The van der Waals surface area contributed by atoms with E-state index in [-0.39, 0.29) is 17.9 Å². The van der Waals surface area contributed by atoms with Gasteiger partial charge in [0.1, 0.15) is 11.4 Å². The van der Waals surface area contributed by atoms with Crippen molar-refractivity contribution in [2.45, 2.75) is 45.1 Å². The van der Waals surface area contributed by atoms with Gasteiger partial charge < -0.3 is 15.1 Å². The number of pyridine rings is 1. The average Bonchev–Trinajstić information content (AvgIpc) is 2.64. The highest BCUT2D eigenvalue weighted by atomic mass is 16.2. The summed E-state index contributed by atoms with van der Waals surface area (Å²) in [5.41, 5.74) is 0.669. The second-order valence-corrected chi connectivity index (χ2v) is 6.88. The van der Waals surface area contributed by atoms with Gasteiger partial charge in [0, 0.05) is 19.1 Å². The molecule has 1 aromatic heterocycles. The van der Waals surface area contributed by atoms with E-state index in [2.05, 4.69) is 22.1 Å². The van der Waals surface area contributed by atoms with Gasteiger partial charge in [-0.15, -0.1) is 0 Å². The van der Waals surface area contributed by atoms with Crippen molar-refractivity contribution in [1.82, 2.24) is 20.1 Å². The lowest BCUT2D eigenvalue weighted by Crippen LogP contribution is -2.43. The first-order valence-corrected chi connectivity index (χ1v) is 9.24. The molecular weight excluding hydrogens is 316 g/mol. The van der Waals surface area contributed by atoms with Crippen LogP contribution in [0.15, 0.2) is 18.2 Å². The molecule has 1 aliphatic heterocycles. The standard InChI is InChI=1S/C19H30N4O2/c1-4-15-9-5-6-14-23(15)19(25)17-11-7-10-16(21-17)18(24)20-12-8-13-22(2)3/h7,10-11,15H,4-6,8-9,12-14H2,1-3H3,(H,20,24). The van der Waals surface area contributed by atoms with E-state index in [1.807, 2.05) is 19.0 Å². The first kappa shape index (κ1) is 19.4. The number of aromatic nitrogens is 1. The quantitative estimate of drug-likeness (QED) is 0.769. The number of nitrogens with one attached hydrogen (secondary N) is 1. The van der Waals surface area contributed by atoms with Crippen LogP contribution < -0.4 is 5.32 Å². The fraction of sp³-hybridized carbons (Fsp3) is 0.632. The Bertz CT molecular complexity index is 589. The van der Waals surface area contributed by atoms with E-state index in [1.165, 1.54) is 6.42 Å². The van der Waals surface area contributed by atoms with Crippen LogP contribution in [0.2, 0.25) is 0 Å². The Hall–Kier alpha value is -1.95. The maximum Gasteiger partial charge on any atom is 0.272 e. The van der Waals surface area contributed by atoms with Crippen LogP contribution in [0.3, 0.4) is 0 Å². The smallest absolute Gasteiger partial charge is 0.272 e. The molecule has 25 heavy (non-hydrogen) atoms. The van der Waals surface area contributed by atoms with Crippen LogP contribution in [0.1, 0.15) is 60.0 Å². The number of rotatable bonds is 7. The molecule has 1 atom stereocenters. The molecular formula is C19H30N4O2. The summed E-state index contributed by atoms with van der Waals surface area (Å²) in [6.45, 7) is 4.40. The number of hydrogen-bond acceptors (Lipinski definition) is 4. The Balaban J connectivity index is 1.99. The Morgan fingerprint density at radius 2 is 2.04 bits per heavy atom. The Labute approximate surface area is 150 Å². The highest BCUT2D eigenvalue weighted by molar-refractivity contribution is 5.96. The molecule has 0 radical (unpaired) electrons. The van der Waals surface area contributed by atoms with Crippen molar-refractivity contribution in [1.29, 1.82) is 0 Å². The van der Waals surface area contributed by atoms with Gasteiger partial charge in [-0.2, -0.15) is 0 Å².